The summed E-state index contributed by atoms with van der Waals surface area (Å²) in [6.45, 7) is 2.69. The van der Waals surface area contributed by atoms with Crippen molar-refractivity contribution in [2.45, 2.75) is 25.7 Å². The van der Waals surface area contributed by atoms with Gasteiger partial charge in [-0.15, -0.1) is 0 Å². The van der Waals surface area contributed by atoms with E-state index < -0.39 is 5.97 Å². The highest BCUT2D eigenvalue weighted by atomic mass is 16.5. The average molecular weight is 275 g/mol. The summed E-state index contributed by atoms with van der Waals surface area (Å²) in [6, 6.07) is 6.35. The van der Waals surface area contributed by atoms with E-state index >= 15 is 0 Å². The van der Waals surface area contributed by atoms with Crippen molar-refractivity contribution in [2.24, 2.45) is 5.92 Å². The van der Waals surface area contributed by atoms with Crippen LogP contribution in [0.15, 0.2) is 18.2 Å². The lowest BCUT2D eigenvalue weighted by Gasteiger charge is -2.20. The highest BCUT2D eigenvalue weighted by molar-refractivity contribution is 5.69. The maximum absolute atomic E-state index is 10.9. The zero-order valence-electron chi connectivity index (χ0n) is 11.7. The molecule has 108 valence electrons. The first-order valence-corrected chi connectivity index (χ1v) is 7.39. The maximum Gasteiger partial charge on any atom is 0.317 e. The number of fused-ring (bicyclic) bond motifs is 1. The molecule has 1 aliphatic carbocycles. The van der Waals surface area contributed by atoms with E-state index in [1.165, 1.54) is 24.0 Å². The molecular weight excluding hydrogens is 254 g/mol. The van der Waals surface area contributed by atoms with Crippen molar-refractivity contribution < 1.29 is 14.6 Å². The van der Waals surface area contributed by atoms with Crippen LogP contribution in [0.5, 0.6) is 5.75 Å². The Morgan fingerprint density at radius 1 is 1.40 bits per heavy atom. The van der Waals surface area contributed by atoms with E-state index in [9.17, 15) is 4.79 Å². The summed E-state index contributed by atoms with van der Waals surface area (Å²) in [7, 11) is 0. The van der Waals surface area contributed by atoms with Gasteiger partial charge in [0.05, 0.1) is 13.2 Å². The van der Waals surface area contributed by atoms with Crippen LogP contribution < -0.4 is 4.74 Å². The topological polar surface area (TPSA) is 49.8 Å². The van der Waals surface area contributed by atoms with E-state index in [2.05, 4.69) is 17.0 Å². The predicted octanol–water partition coefficient (Wildman–Crippen LogP) is 1.96. The highest BCUT2D eigenvalue weighted by Crippen LogP contribution is 2.30. The molecule has 0 bridgehead atoms. The second-order valence-electron chi connectivity index (χ2n) is 5.86. The Morgan fingerprint density at radius 2 is 2.25 bits per heavy atom. The largest absolute Gasteiger partial charge is 0.493 e. The Balaban J connectivity index is 1.56. The van der Waals surface area contributed by atoms with Crippen molar-refractivity contribution in [1.29, 1.82) is 0 Å². The fourth-order valence-corrected chi connectivity index (χ4v) is 2.77. The fourth-order valence-electron chi connectivity index (χ4n) is 2.77. The van der Waals surface area contributed by atoms with Crippen LogP contribution in [0, 0.1) is 5.92 Å². The van der Waals surface area contributed by atoms with Crippen LogP contribution in [-0.4, -0.2) is 42.2 Å². The van der Waals surface area contributed by atoms with Crippen LogP contribution in [-0.2, 0) is 17.6 Å². The summed E-state index contributed by atoms with van der Waals surface area (Å²) >= 11 is 0. The van der Waals surface area contributed by atoms with E-state index in [1.807, 2.05) is 6.07 Å². The Kier molecular flexibility index (Phi) is 3.92. The van der Waals surface area contributed by atoms with Crippen LogP contribution in [0.1, 0.15) is 24.0 Å². The molecule has 20 heavy (non-hydrogen) atoms. The van der Waals surface area contributed by atoms with E-state index in [-0.39, 0.29) is 6.54 Å². The first-order valence-electron chi connectivity index (χ1n) is 7.39. The van der Waals surface area contributed by atoms with Crippen LogP contribution in [0.4, 0.5) is 0 Å². The number of aliphatic carboxylic acids is 1. The number of carboxylic acids is 1. The first-order chi connectivity index (χ1) is 9.70. The van der Waals surface area contributed by atoms with Gasteiger partial charge in [-0.2, -0.15) is 0 Å². The minimum atomic E-state index is -0.729. The van der Waals surface area contributed by atoms with E-state index in [0.29, 0.717) is 0 Å². The molecular formula is C16H21NO3. The molecule has 1 aromatic rings. The van der Waals surface area contributed by atoms with Gasteiger partial charge < -0.3 is 9.84 Å². The molecule has 0 aromatic heterocycles. The lowest BCUT2D eigenvalue weighted by atomic mass is 10.1. The SMILES string of the molecule is O=C(O)CN(CCc1ccc2c(c1)CCO2)CC1CC1. The van der Waals surface area contributed by atoms with Crippen LogP contribution in [0.2, 0.25) is 0 Å². The third-order valence-electron chi connectivity index (χ3n) is 4.04. The second kappa shape index (κ2) is 5.83. The van der Waals surface area contributed by atoms with Crippen molar-refractivity contribution in [3.05, 3.63) is 29.3 Å². The van der Waals surface area contributed by atoms with Gasteiger partial charge >= 0.3 is 5.97 Å². The molecule has 0 unspecified atom stereocenters. The molecule has 1 saturated carbocycles. The molecule has 4 nitrogen and oxygen atoms in total. The van der Waals surface area contributed by atoms with Gasteiger partial charge in [-0.1, -0.05) is 12.1 Å². The minimum Gasteiger partial charge on any atom is -0.493 e. The number of carbonyl (C=O) groups is 1. The quantitative estimate of drug-likeness (QED) is 0.826. The van der Waals surface area contributed by atoms with Gasteiger partial charge in [0.25, 0.3) is 0 Å². The smallest absolute Gasteiger partial charge is 0.317 e. The molecule has 0 radical (unpaired) electrons. The highest BCUT2D eigenvalue weighted by Gasteiger charge is 2.25. The van der Waals surface area contributed by atoms with Gasteiger partial charge in [-0.3, -0.25) is 9.69 Å². The molecule has 0 saturated heterocycles. The summed E-state index contributed by atoms with van der Waals surface area (Å²) in [6.07, 6.45) is 4.41. The third-order valence-corrected chi connectivity index (χ3v) is 4.04. The van der Waals surface area contributed by atoms with Crippen molar-refractivity contribution in [3.63, 3.8) is 0 Å². The first kappa shape index (κ1) is 13.4. The maximum atomic E-state index is 10.9. The average Bonchev–Trinajstić information content (AvgIpc) is 3.10. The number of hydrogen-bond acceptors (Lipinski definition) is 3. The summed E-state index contributed by atoms with van der Waals surface area (Å²) in [5.74, 6) is 1.00. The Labute approximate surface area is 119 Å². The van der Waals surface area contributed by atoms with E-state index in [1.54, 1.807) is 0 Å². The number of nitrogens with zero attached hydrogens (tertiary/aromatic N) is 1. The van der Waals surface area contributed by atoms with Gasteiger partial charge in [-0.25, -0.2) is 0 Å². The monoisotopic (exact) mass is 275 g/mol. The Bertz CT molecular complexity index is 496. The van der Waals surface area contributed by atoms with Gasteiger partial charge in [0.1, 0.15) is 5.75 Å². The lowest BCUT2D eigenvalue weighted by molar-refractivity contribution is -0.138. The summed E-state index contributed by atoms with van der Waals surface area (Å²) < 4.78 is 5.50. The Morgan fingerprint density at radius 3 is 3.00 bits per heavy atom. The number of benzene rings is 1. The molecule has 0 atom stereocenters. The molecule has 3 rings (SSSR count). The molecule has 0 amide bonds. The Hall–Kier alpha value is -1.55. The summed E-state index contributed by atoms with van der Waals surface area (Å²) in [4.78, 5) is 13.0. The number of rotatable bonds is 7. The van der Waals surface area contributed by atoms with Crippen molar-refractivity contribution in [3.8, 4) is 5.75 Å². The van der Waals surface area contributed by atoms with Crippen molar-refractivity contribution in [1.82, 2.24) is 4.90 Å². The van der Waals surface area contributed by atoms with Gasteiger partial charge in [-0.05, 0) is 42.4 Å². The van der Waals surface area contributed by atoms with Crippen LogP contribution in [0.25, 0.3) is 0 Å². The molecule has 1 N–H and O–H groups in total. The van der Waals surface area contributed by atoms with Gasteiger partial charge in [0.15, 0.2) is 0 Å². The van der Waals surface area contributed by atoms with Crippen LogP contribution in [0.3, 0.4) is 0 Å². The molecule has 1 aliphatic heterocycles. The minimum absolute atomic E-state index is 0.157. The summed E-state index contributed by atoms with van der Waals surface area (Å²) in [5, 5.41) is 8.98. The van der Waals surface area contributed by atoms with Crippen molar-refractivity contribution in [2.75, 3.05) is 26.2 Å². The predicted molar refractivity (Wildman–Crippen MR) is 76.1 cm³/mol. The summed E-state index contributed by atoms with van der Waals surface area (Å²) in [5.41, 5.74) is 2.56. The molecule has 1 aromatic carbocycles. The molecule has 2 aliphatic rings. The van der Waals surface area contributed by atoms with Crippen molar-refractivity contribution >= 4 is 5.97 Å². The number of hydrogen-bond donors (Lipinski definition) is 1. The standard InChI is InChI=1S/C16H21NO3/c18-16(19)11-17(10-13-1-2-13)7-5-12-3-4-15-14(9-12)6-8-20-15/h3-4,9,13H,1-2,5-8,10-11H2,(H,18,19). The normalized spacial score (nSPS) is 17.1. The zero-order chi connectivity index (χ0) is 13.9. The fraction of sp³-hybridized carbons (Fsp3) is 0.562. The van der Waals surface area contributed by atoms with Crippen LogP contribution >= 0.6 is 0 Å². The molecule has 0 spiro atoms. The van der Waals surface area contributed by atoms with E-state index in [0.717, 1.165) is 44.2 Å². The van der Waals surface area contributed by atoms with Gasteiger partial charge in [0.2, 0.25) is 0 Å². The lowest BCUT2D eigenvalue weighted by Crippen LogP contribution is -2.33. The molecule has 1 heterocycles. The van der Waals surface area contributed by atoms with E-state index in [4.69, 9.17) is 9.84 Å². The number of ether oxygens (including phenoxy) is 1. The third kappa shape index (κ3) is 3.51. The second-order valence-corrected chi connectivity index (χ2v) is 5.86. The number of carboxylic acid groups (broad SMARTS) is 1. The zero-order valence-corrected chi connectivity index (χ0v) is 11.7. The van der Waals surface area contributed by atoms with Gasteiger partial charge in [0, 0.05) is 19.5 Å². The molecule has 4 heteroatoms. The molecule has 1 fully saturated rings.